The summed E-state index contributed by atoms with van der Waals surface area (Å²) in [7, 11) is 1.67. The smallest absolute Gasteiger partial charge is 0.305 e. The van der Waals surface area contributed by atoms with Crippen molar-refractivity contribution in [1.29, 1.82) is 0 Å². The van der Waals surface area contributed by atoms with Crippen LogP contribution in [0.4, 0.5) is 0 Å². The Hall–Kier alpha value is -1.59. The fraction of sp³-hybridized carbons (Fsp3) is 0.727. The second-order valence-corrected chi connectivity index (χ2v) is 4.24. The van der Waals surface area contributed by atoms with Gasteiger partial charge in [-0.05, 0) is 6.92 Å². The van der Waals surface area contributed by atoms with E-state index in [1.165, 1.54) is 9.80 Å². The predicted molar refractivity (Wildman–Crippen MR) is 60.3 cm³/mol. The second kappa shape index (κ2) is 5.65. The lowest BCUT2D eigenvalue weighted by atomic mass is 10.1. The molecule has 1 unspecified atom stereocenters. The number of rotatable bonds is 5. The van der Waals surface area contributed by atoms with E-state index in [0.717, 1.165) is 0 Å². The topological polar surface area (TPSA) is 77.9 Å². The highest BCUT2D eigenvalue weighted by Gasteiger charge is 2.34. The van der Waals surface area contributed by atoms with E-state index < -0.39 is 5.97 Å². The van der Waals surface area contributed by atoms with Crippen LogP contribution in [0.2, 0.25) is 0 Å². The van der Waals surface area contributed by atoms with Gasteiger partial charge < -0.3 is 14.9 Å². The van der Waals surface area contributed by atoms with Crippen molar-refractivity contribution in [2.45, 2.75) is 19.8 Å². The number of carbonyl (C=O) groups is 3. The van der Waals surface area contributed by atoms with Gasteiger partial charge in [0.2, 0.25) is 11.8 Å². The minimum Gasteiger partial charge on any atom is -0.481 e. The van der Waals surface area contributed by atoms with Gasteiger partial charge in [-0.1, -0.05) is 0 Å². The third-order valence-corrected chi connectivity index (χ3v) is 2.98. The minimum absolute atomic E-state index is 0.0300. The molecule has 1 aliphatic rings. The number of nitrogens with zero attached hydrogens (tertiary/aromatic N) is 2. The average molecular weight is 242 g/mol. The summed E-state index contributed by atoms with van der Waals surface area (Å²) in [5, 5.41) is 8.59. The molecule has 0 bridgehead atoms. The predicted octanol–water partition coefficient (Wildman–Crippen LogP) is -0.212. The van der Waals surface area contributed by atoms with Crippen LogP contribution >= 0.6 is 0 Å². The Bertz CT molecular complexity index is 329. The fourth-order valence-electron chi connectivity index (χ4n) is 1.94. The van der Waals surface area contributed by atoms with Gasteiger partial charge in [-0.2, -0.15) is 0 Å². The van der Waals surface area contributed by atoms with Crippen LogP contribution in [-0.4, -0.2) is 59.4 Å². The van der Waals surface area contributed by atoms with Crippen LogP contribution in [0.5, 0.6) is 0 Å². The van der Waals surface area contributed by atoms with E-state index in [0.29, 0.717) is 13.1 Å². The summed E-state index contributed by atoms with van der Waals surface area (Å²) in [6.45, 7) is 2.92. The van der Waals surface area contributed by atoms with Gasteiger partial charge in [-0.3, -0.25) is 14.4 Å². The molecule has 0 saturated carbocycles. The fourth-order valence-corrected chi connectivity index (χ4v) is 1.94. The van der Waals surface area contributed by atoms with E-state index in [9.17, 15) is 14.4 Å². The molecule has 1 rings (SSSR count). The molecule has 0 aliphatic carbocycles. The Kier molecular flexibility index (Phi) is 4.48. The van der Waals surface area contributed by atoms with Gasteiger partial charge in [0.1, 0.15) is 0 Å². The van der Waals surface area contributed by atoms with Gasteiger partial charge in [0.05, 0.1) is 12.3 Å². The van der Waals surface area contributed by atoms with Gasteiger partial charge in [-0.25, -0.2) is 0 Å². The number of carbonyl (C=O) groups excluding carboxylic acids is 2. The molecule has 0 aromatic heterocycles. The summed E-state index contributed by atoms with van der Waals surface area (Å²) in [6.07, 6.45) is 0.176. The van der Waals surface area contributed by atoms with Crippen molar-refractivity contribution in [1.82, 2.24) is 9.80 Å². The third-order valence-electron chi connectivity index (χ3n) is 2.98. The van der Waals surface area contributed by atoms with Crippen LogP contribution in [0.15, 0.2) is 0 Å². The minimum atomic E-state index is -0.920. The van der Waals surface area contributed by atoms with Crippen LogP contribution in [0.3, 0.4) is 0 Å². The molecule has 1 fully saturated rings. The van der Waals surface area contributed by atoms with Gasteiger partial charge in [0.15, 0.2) is 0 Å². The van der Waals surface area contributed by atoms with Crippen molar-refractivity contribution >= 4 is 17.8 Å². The van der Waals surface area contributed by atoms with Crippen molar-refractivity contribution in [2.24, 2.45) is 5.92 Å². The summed E-state index contributed by atoms with van der Waals surface area (Å²) in [4.78, 5) is 36.9. The van der Waals surface area contributed by atoms with Crippen molar-refractivity contribution in [3.8, 4) is 0 Å². The maximum atomic E-state index is 12.0. The lowest BCUT2D eigenvalue weighted by Crippen LogP contribution is -2.38. The molecular weight excluding hydrogens is 224 g/mol. The lowest BCUT2D eigenvalue weighted by molar-refractivity contribution is -0.139. The highest BCUT2D eigenvalue weighted by Crippen LogP contribution is 2.18. The van der Waals surface area contributed by atoms with E-state index >= 15 is 0 Å². The van der Waals surface area contributed by atoms with E-state index in [4.69, 9.17) is 5.11 Å². The number of carboxylic acid groups (broad SMARTS) is 1. The number of aliphatic carboxylic acids is 1. The molecule has 1 heterocycles. The quantitative estimate of drug-likeness (QED) is 0.723. The average Bonchev–Trinajstić information content (AvgIpc) is 2.59. The Balaban J connectivity index is 2.54. The standard InChI is InChI=1S/C11H18N2O4/c1-3-13(5-4-10(15)16)11(17)8-6-9(14)12(2)7-8/h8H,3-7H2,1-2H3,(H,15,16). The molecular formula is C11H18N2O4. The van der Waals surface area contributed by atoms with Crippen molar-refractivity contribution in [3.63, 3.8) is 0 Å². The molecule has 6 heteroatoms. The second-order valence-electron chi connectivity index (χ2n) is 4.24. The van der Waals surface area contributed by atoms with E-state index in [2.05, 4.69) is 0 Å². The molecule has 1 N–H and O–H groups in total. The van der Waals surface area contributed by atoms with Gasteiger partial charge in [0, 0.05) is 33.1 Å². The van der Waals surface area contributed by atoms with E-state index in [-0.39, 0.29) is 37.1 Å². The van der Waals surface area contributed by atoms with Crippen molar-refractivity contribution in [2.75, 3.05) is 26.7 Å². The maximum Gasteiger partial charge on any atom is 0.305 e. The molecule has 17 heavy (non-hydrogen) atoms. The van der Waals surface area contributed by atoms with Gasteiger partial charge in [-0.15, -0.1) is 0 Å². The number of hydrogen-bond acceptors (Lipinski definition) is 3. The summed E-state index contributed by atoms with van der Waals surface area (Å²) in [5.74, 6) is -1.39. The molecule has 0 aromatic carbocycles. The normalized spacial score (nSPS) is 19.5. The van der Waals surface area contributed by atoms with Crippen LogP contribution in [0.25, 0.3) is 0 Å². The van der Waals surface area contributed by atoms with E-state index in [1.54, 1.807) is 14.0 Å². The molecule has 1 atom stereocenters. The number of amides is 2. The Labute approximate surface area is 100 Å². The molecule has 0 aromatic rings. The summed E-state index contributed by atoms with van der Waals surface area (Å²) >= 11 is 0. The Morgan fingerprint density at radius 3 is 2.59 bits per heavy atom. The first-order valence-corrected chi connectivity index (χ1v) is 5.70. The zero-order valence-corrected chi connectivity index (χ0v) is 10.2. The number of carboxylic acids is 1. The third kappa shape index (κ3) is 3.44. The molecule has 96 valence electrons. The summed E-state index contributed by atoms with van der Waals surface area (Å²) in [5.41, 5.74) is 0. The van der Waals surface area contributed by atoms with Gasteiger partial charge >= 0.3 is 5.97 Å². The molecule has 1 aliphatic heterocycles. The first kappa shape index (κ1) is 13.5. The maximum absolute atomic E-state index is 12.0. The van der Waals surface area contributed by atoms with Gasteiger partial charge in [0.25, 0.3) is 0 Å². The first-order chi connectivity index (χ1) is 7.95. The molecule has 2 amide bonds. The van der Waals surface area contributed by atoms with Crippen LogP contribution in [0.1, 0.15) is 19.8 Å². The van der Waals surface area contributed by atoms with Crippen LogP contribution in [-0.2, 0) is 14.4 Å². The number of hydrogen-bond donors (Lipinski definition) is 1. The van der Waals surface area contributed by atoms with E-state index in [1.807, 2.05) is 0 Å². The number of likely N-dealkylation sites (tertiary alicyclic amines) is 1. The largest absolute Gasteiger partial charge is 0.481 e. The molecule has 0 spiro atoms. The van der Waals surface area contributed by atoms with Crippen molar-refractivity contribution < 1.29 is 19.5 Å². The summed E-state index contributed by atoms with van der Waals surface area (Å²) in [6, 6.07) is 0. The van der Waals surface area contributed by atoms with Crippen LogP contribution < -0.4 is 0 Å². The molecule has 6 nitrogen and oxygen atoms in total. The first-order valence-electron chi connectivity index (χ1n) is 5.70. The summed E-state index contributed by atoms with van der Waals surface area (Å²) < 4.78 is 0. The Morgan fingerprint density at radius 1 is 1.53 bits per heavy atom. The van der Waals surface area contributed by atoms with Crippen LogP contribution in [0, 0.1) is 5.92 Å². The lowest BCUT2D eigenvalue weighted by Gasteiger charge is -2.23. The zero-order chi connectivity index (χ0) is 13.0. The Morgan fingerprint density at radius 2 is 2.18 bits per heavy atom. The monoisotopic (exact) mass is 242 g/mol. The highest BCUT2D eigenvalue weighted by atomic mass is 16.4. The van der Waals surface area contributed by atoms with Crippen molar-refractivity contribution in [3.05, 3.63) is 0 Å². The molecule has 1 saturated heterocycles. The molecule has 0 radical (unpaired) electrons. The highest BCUT2D eigenvalue weighted by molar-refractivity contribution is 5.89. The zero-order valence-electron chi connectivity index (χ0n) is 10.2. The SMILES string of the molecule is CCN(CCC(=O)O)C(=O)C1CC(=O)N(C)C1.